The van der Waals surface area contributed by atoms with Crippen molar-refractivity contribution in [1.82, 2.24) is 10.2 Å². The Hall–Kier alpha value is -0.0800. The molecule has 2 nitrogen and oxygen atoms in total. The van der Waals surface area contributed by atoms with Crippen molar-refractivity contribution in [3.8, 4) is 0 Å². The summed E-state index contributed by atoms with van der Waals surface area (Å²) in [4.78, 5) is 2.70. The smallest absolute Gasteiger partial charge is 0.0220 e. The van der Waals surface area contributed by atoms with Crippen molar-refractivity contribution in [2.45, 2.75) is 83.3 Å². The van der Waals surface area contributed by atoms with Gasteiger partial charge >= 0.3 is 0 Å². The molecule has 0 radical (unpaired) electrons. The van der Waals surface area contributed by atoms with Gasteiger partial charge in [0.05, 0.1) is 0 Å². The van der Waals surface area contributed by atoms with E-state index in [1.54, 1.807) is 0 Å². The minimum absolute atomic E-state index is 0.755. The number of nitrogens with one attached hydrogen (secondary N) is 1. The van der Waals surface area contributed by atoms with Crippen molar-refractivity contribution >= 4 is 0 Å². The molecule has 2 rings (SSSR count). The number of hydrogen-bond donors (Lipinski definition) is 1. The Kier molecular flexibility index (Phi) is 5.50. The molecule has 0 saturated heterocycles. The highest BCUT2D eigenvalue weighted by molar-refractivity contribution is 4.86. The van der Waals surface area contributed by atoms with Gasteiger partial charge in [-0.3, -0.25) is 4.90 Å². The highest BCUT2D eigenvalue weighted by Gasteiger charge is 2.28. The lowest BCUT2D eigenvalue weighted by atomic mass is 9.85. The third kappa shape index (κ3) is 4.24. The van der Waals surface area contributed by atoms with Gasteiger partial charge in [-0.25, -0.2) is 0 Å². The Bertz CT molecular complexity index is 237. The van der Waals surface area contributed by atoms with Crippen molar-refractivity contribution in [1.29, 1.82) is 0 Å². The number of nitrogens with zero attached hydrogens (tertiary/aromatic N) is 1. The maximum absolute atomic E-state index is 3.73. The van der Waals surface area contributed by atoms with Crippen molar-refractivity contribution in [3.63, 3.8) is 0 Å². The summed E-state index contributed by atoms with van der Waals surface area (Å²) in [6.07, 6.45) is 11.2. The Morgan fingerprint density at radius 3 is 2.61 bits per heavy atom. The van der Waals surface area contributed by atoms with Crippen molar-refractivity contribution in [2.75, 3.05) is 13.6 Å². The van der Waals surface area contributed by atoms with E-state index in [1.165, 1.54) is 57.9 Å². The average Bonchev–Trinajstić information content (AvgIpc) is 3.17. The van der Waals surface area contributed by atoms with E-state index in [2.05, 4.69) is 31.1 Å². The zero-order valence-corrected chi connectivity index (χ0v) is 12.6. The molecule has 2 aliphatic carbocycles. The summed E-state index contributed by atoms with van der Waals surface area (Å²) in [5, 5.41) is 3.73. The zero-order valence-electron chi connectivity index (χ0n) is 12.6. The van der Waals surface area contributed by atoms with E-state index in [9.17, 15) is 0 Å². The third-order valence-corrected chi connectivity index (χ3v) is 4.90. The van der Waals surface area contributed by atoms with Crippen LogP contribution in [0.15, 0.2) is 0 Å². The first-order valence-electron chi connectivity index (χ1n) is 8.16. The molecule has 2 heteroatoms. The second kappa shape index (κ2) is 6.91. The van der Waals surface area contributed by atoms with Crippen LogP contribution in [-0.2, 0) is 0 Å². The molecule has 0 aliphatic heterocycles. The Labute approximate surface area is 114 Å². The van der Waals surface area contributed by atoms with Gasteiger partial charge in [-0.1, -0.05) is 33.1 Å². The molecular weight excluding hydrogens is 220 g/mol. The summed E-state index contributed by atoms with van der Waals surface area (Å²) >= 11 is 0. The van der Waals surface area contributed by atoms with Crippen LogP contribution in [-0.4, -0.2) is 36.6 Å². The van der Waals surface area contributed by atoms with E-state index >= 15 is 0 Å². The van der Waals surface area contributed by atoms with E-state index < -0.39 is 0 Å². The molecule has 0 aromatic rings. The summed E-state index contributed by atoms with van der Waals surface area (Å²) in [5.74, 6) is 0.935. The van der Waals surface area contributed by atoms with E-state index in [0.29, 0.717) is 0 Å². The molecule has 0 bridgehead atoms. The maximum Gasteiger partial charge on any atom is 0.0220 e. The maximum atomic E-state index is 3.73. The van der Waals surface area contributed by atoms with Gasteiger partial charge in [-0.15, -0.1) is 0 Å². The largest absolute Gasteiger partial charge is 0.312 e. The number of rotatable bonds is 7. The van der Waals surface area contributed by atoms with E-state index in [4.69, 9.17) is 0 Å². The van der Waals surface area contributed by atoms with Crippen LogP contribution in [0.5, 0.6) is 0 Å². The van der Waals surface area contributed by atoms with Gasteiger partial charge in [0, 0.05) is 24.7 Å². The molecule has 106 valence electrons. The Balaban J connectivity index is 1.82. The lowest BCUT2D eigenvalue weighted by Gasteiger charge is -2.39. The van der Waals surface area contributed by atoms with Crippen LogP contribution in [0, 0.1) is 5.92 Å². The lowest BCUT2D eigenvalue weighted by Crippen LogP contribution is -2.47. The number of hydrogen-bond acceptors (Lipinski definition) is 2. The van der Waals surface area contributed by atoms with Crippen molar-refractivity contribution in [2.24, 2.45) is 5.92 Å². The SMILES string of the molecule is CCCC(CNC1CC1)N(C)C1CCCC(C)C1. The summed E-state index contributed by atoms with van der Waals surface area (Å²) in [6.45, 7) is 5.96. The van der Waals surface area contributed by atoms with Gasteiger partial charge in [-0.2, -0.15) is 0 Å². The van der Waals surface area contributed by atoms with Gasteiger partial charge in [-0.05, 0) is 45.1 Å². The van der Waals surface area contributed by atoms with Crippen molar-refractivity contribution in [3.05, 3.63) is 0 Å². The summed E-state index contributed by atoms with van der Waals surface area (Å²) < 4.78 is 0. The fourth-order valence-corrected chi connectivity index (χ4v) is 3.44. The molecule has 3 atom stereocenters. The van der Waals surface area contributed by atoms with Gasteiger partial charge in [0.2, 0.25) is 0 Å². The quantitative estimate of drug-likeness (QED) is 0.747. The van der Waals surface area contributed by atoms with E-state index in [-0.39, 0.29) is 0 Å². The highest BCUT2D eigenvalue weighted by atomic mass is 15.2. The van der Waals surface area contributed by atoms with Crippen LogP contribution in [0.4, 0.5) is 0 Å². The van der Waals surface area contributed by atoms with Gasteiger partial charge < -0.3 is 5.32 Å². The van der Waals surface area contributed by atoms with Crippen LogP contribution in [0.3, 0.4) is 0 Å². The first-order chi connectivity index (χ1) is 8.70. The predicted molar refractivity (Wildman–Crippen MR) is 78.9 cm³/mol. The first kappa shape index (κ1) is 14.3. The summed E-state index contributed by atoms with van der Waals surface area (Å²) in [7, 11) is 2.37. The molecule has 2 saturated carbocycles. The second-order valence-electron chi connectivity index (χ2n) is 6.72. The normalized spacial score (nSPS) is 30.7. The van der Waals surface area contributed by atoms with Crippen LogP contribution >= 0.6 is 0 Å². The lowest BCUT2D eigenvalue weighted by molar-refractivity contribution is 0.111. The summed E-state index contributed by atoms with van der Waals surface area (Å²) in [5.41, 5.74) is 0. The monoisotopic (exact) mass is 252 g/mol. The Morgan fingerprint density at radius 1 is 1.22 bits per heavy atom. The molecular formula is C16H32N2. The van der Waals surface area contributed by atoms with Gasteiger partial charge in [0.25, 0.3) is 0 Å². The topological polar surface area (TPSA) is 15.3 Å². The first-order valence-corrected chi connectivity index (χ1v) is 8.16. The average molecular weight is 252 g/mol. The molecule has 0 aromatic heterocycles. The molecule has 0 amide bonds. The number of likely N-dealkylation sites (N-methyl/N-ethyl adjacent to an activating group) is 1. The van der Waals surface area contributed by atoms with E-state index in [0.717, 1.165) is 24.0 Å². The summed E-state index contributed by atoms with van der Waals surface area (Å²) in [6, 6.07) is 2.44. The van der Waals surface area contributed by atoms with Gasteiger partial charge in [0.15, 0.2) is 0 Å². The molecule has 2 aliphatic rings. The molecule has 0 aromatic carbocycles. The molecule has 2 fully saturated rings. The van der Waals surface area contributed by atoms with E-state index in [1.807, 2.05) is 0 Å². The zero-order chi connectivity index (χ0) is 13.0. The van der Waals surface area contributed by atoms with Gasteiger partial charge in [0.1, 0.15) is 0 Å². The highest BCUT2D eigenvalue weighted by Crippen LogP contribution is 2.28. The second-order valence-corrected chi connectivity index (χ2v) is 6.72. The van der Waals surface area contributed by atoms with Crippen LogP contribution in [0.1, 0.15) is 65.2 Å². The molecule has 3 unspecified atom stereocenters. The molecule has 1 N–H and O–H groups in total. The van der Waals surface area contributed by atoms with Crippen LogP contribution < -0.4 is 5.32 Å². The standard InChI is InChI=1S/C16H32N2/c1-4-6-16(12-17-14-9-10-14)18(3)15-8-5-7-13(2)11-15/h13-17H,4-12H2,1-3H3. The predicted octanol–water partition coefficient (Wildman–Crippen LogP) is 3.42. The fourth-order valence-electron chi connectivity index (χ4n) is 3.44. The van der Waals surface area contributed by atoms with Crippen LogP contribution in [0.25, 0.3) is 0 Å². The van der Waals surface area contributed by atoms with Crippen LogP contribution in [0.2, 0.25) is 0 Å². The third-order valence-electron chi connectivity index (χ3n) is 4.90. The minimum Gasteiger partial charge on any atom is -0.312 e. The fraction of sp³-hybridized carbons (Fsp3) is 1.00. The molecule has 0 heterocycles. The minimum atomic E-state index is 0.755. The molecule has 18 heavy (non-hydrogen) atoms. The van der Waals surface area contributed by atoms with Crippen molar-refractivity contribution < 1.29 is 0 Å². The molecule has 0 spiro atoms. The Morgan fingerprint density at radius 2 is 2.00 bits per heavy atom.